The van der Waals surface area contributed by atoms with Crippen molar-refractivity contribution in [2.75, 3.05) is 12.1 Å². The lowest BCUT2D eigenvalue weighted by Gasteiger charge is -2.27. The smallest absolute Gasteiger partial charge is 0.338 e. The third-order valence-corrected chi connectivity index (χ3v) is 4.81. The van der Waals surface area contributed by atoms with E-state index in [1.165, 1.54) is 25.3 Å². The second-order valence-corrected chi connectivity index (χ2v) is 6.84. The van der Waals surface area contributed by atoms with Crippen LogP contribution >= 0.6 is 0 Å². The van der Waals surface area contributed by atoms with Gasteiger partial charge in [-0.05, 0) is 36.4 Å². The Morgan fingerprint density at radius 2 is 1.84 bits per heavy atom. The van der Waals surface area contributed by atoms with E-state index >= 15 is 0 Å². The highest BCUT2D eigenvalue weighted by Crippen LogP contribution is 2.23. The Morgan fingerprint density at radius 1 is 1.06 bits per heavy atom. The highest BCUT2D eigenvalue weighted by Gasteiger charge is 2.24. The van der Waals surface area contributed by atoms with Gasteiger partial charge in [0.1, 0.15) is 17.9 Å². The summed E-state index contributed by atoms with van der Waals surface area (Å²) >= 11 is 0. The van der Waals surface area contributed by atoms with Gasteiger partial charge in [-0.2, -0.15) is 0 Å². The number of amides is 2. The number of carbonyl (C=O) groups excluding carboxylic acids is 3. The van der Waals surface area contributed by atoms with Crippen molar-refractivity contribution in [1.29, 1.82) is 0 Å². The van der Waals surface area contributed by atoms with Crippen molar-refractivity contribution >= 4 is 34.4 Å². The van der Waals surface area contributed by atoms with Crippen LogP contribution in [-0.4, -0.2) is 24.9 Å². The number of rotatable bonds is 5. The zero-order chi connectivity index (χ0) is 22.0. The van der Waals surface area contributed by atoms with Crippen LogP contribution in [0, 0.1) is 0 Å². The van der Waals surface area contributed by atoms with E-state index in [4.69, 9.17) is 13.9 Å². The molecule has 0 spiro atoms. The Hall–Kier alpha value is -4.14. The Bertz CT molecular complexity index is 1230. The van der Waals surface area contributed by atoms with Gasteiger partial charge in [0.05, 0.1) is 18.4 Å². The lowest BCUT2D eigenvalue weighted by Crippen LogP contribution is -2.50. The third-order valence-electron chi connectivity index (χ3n) is 4.81. The van der Waals surface area contributed by atoms with E-state index in [0.717, 1.165) is 5.01 Å². The standard InChI is InChI=1S/C22H18N2O7/c1-29-16-6-7-17-14(10-21(27)31-18(17)11-16)12-30-22(28)13-2-4-15(5-3-13)24-20(26)9-8-19(25)23-24/h2-7,10-11H,8-9,12H2,1H3,(H,23,25). The Labute approximate surface area is 176 Å². The summed E-state index contributed by atoms with van der Waals surface area (Å²) < 4.78 is 15.7. The average molecular weight is 422 g/mol. The van der Waals surface area contributed by atoms with Gasteiger partial charge in [-0.1, -0.05) is 0 Å². The third kappa shape index (κ3) is 4.25. The SMILES string of the molecule is COc1ccc2c(COC(=O)c3ccc(N4NC(=O)CCC4=O)cc3)cc(=O)oc2c1. The monoisotopic (exact) mass is 422 g/mol. The number of esters is 1. The van der Waals surface area contributed by atoms with Crippen molar-refractivity contribution in [1.82, 2.24) is 5.43 Å². The molecular weight excluding hydrogens is 404 g/mol. The molecule has 0 radical (unpaired) electrons. The quantitative estimate of drug-likeness (QED) is 0.496. The fourth-order valence-electron chi connectivity index (χ4n) is 3.21. The van der Waals surface area contributed by atoms with Crippen molar-refractivity contribution in [3.8, 4) is 5.75 Å². The second kappa shape index (κ2) is 8.31. The summed E-state index contributed by atoms with van der Waals surface area (Å²) in [7, 11) is 1.51. The van der Waals surface area contributed by atoms with Gasteiger partial charge in [0.2, 0.25) is 11.8 Å². The summed E-state index contributed by atoms with van der Waals surface area (Å²) in [6.07, 6.45) is 0.277. The first-order valence-electron chi connectivity index (χ1n) is 9.45. The van der Waals surface area contributed by atoms with E-state index in [1.54, 1.807) is 30.3 Å². The predicted molar refractivity (Wildman–Crippen MR) is 109 cm³/mol. The number of nitrogens with one attached hydrogen (secondary N) is 1. The molecule has 9 heteroatoms. The first-order chi connectivity index (χ1) is 14.9. The largest absolute Gasteiger partial charge is 0.497 e. The molecule has 0 bridgehead atoms. The van der Waals surface area contributed by atoms with Crippen LogP contribution in [0.25, 0.3) is 11.0 Å². The van der Waals surface area contributed by atoms with Crippen LogP contribution < -0.4 is 20.8 Å². The average Bonchev–Trinajstić information content (AvgIpc) is 2.78. The highest BCUT2D eigenvalue weighted by atomic mass is 16.5. The minimum atomic E-state index is -0.601. The number of fused-ring (bicyclic) bond motifs is 1. The van der Waals surface area contributed by atoms with E-state index in [1.807, 2.05) is 0 Å². The first-order valence-corrected chi connectivity index (χ1v) is 9.45. The number of anilines is 1. The lowest BCUT2D eigenvalue weighted by molar-refractivity contribution is -0.130. The van der Waals surface area contributed by atoms with Crippen LogP contribution in [0.1, 0.15) is 28.8 Å². The number of carbonyl (C=O) groups is 3. The molecule has 158 valence electrons. The van der Waals surface area contributed by atoms with Crippen LogP contribution in [0.2, 0.25) is 0 Å². The van der Waals surface area contributed by atoms with Gasteiger partial charge in [-0.15, -0.1) is 0 Å². The molecule has 0 saturated carbocycles. The van der Waals surface area contributed by atoms with Crippen molar-refractivity contribution in [2.24, 2.45) is 0 Å². The molecule has 0 unspecified atom stereocenters. The maximum Gasteiger partial charge on any atom is 0.338 e. The van der Waals surface area contributed by atoms with Gasteiger partial charge in [0.15, 0.2) is 0 Å². The van der Waals surface area contributed by atoms with E-state index in [0.29, 0.717) is 28.0 Å². The minimum Gasteiger partial charge on any atom is -0.497 e. The van der Waals surface area contributed by atoms with Crippen molar-refractivity contribution in [3.05, 3.63) is 70.1 Å². The summed E-state index contributed by atoms with van der Waals surface area (Å²) in [5.41, 5.74) is 3.45. The molecule has 0 aliphatic carbocycles. The van der Waals surface area contributed by atoms with Gasteiger partial charge < -0.3 is 13.9 Å². The lowest BCUT2D eigenvalue weighted by atomic mass is 10.1. The molecule has 1 aromatic heterocycles. The molecule has 31 heavy (non-hydrogen) atoms. The number of nitrogens with zero attached hydrogens (tertiary/aromatic N) is 1. The molecule has 2 amide bonds. The van der Waals surface area contributed by atoms with Crippen LogP contribution in [0.4, 0.5) is 5.69 Å². The zero-order valence-corrected chi connectivity index (χ0v) is 16.5. The number of hydrogen-bond donors (Lipinski definition) is 1. The fourth-order valence-corrected chi connectivity index (χ4v) is 3.21. The zero-order valence-electron chi connectivity index (χ0n) is 16.5. The molecule has 1 fully saturated rings. The van der Waals surface area contributed by atoms with Gasteiger partial charge in [0.25, 0.3) is 0 Å². The predicted octanol–water partition coefficient (Wildman–Crippen LogP) is 2.32. The molecule has 0 atom stereocenters. The van der Waals surface area contributed by atoms with E-state index < -0.39 is 11.6 Å². The summed E-state index contributed by atoms with van der Waals surface area (Å²) in [5, 5.41) is 1.79. The Kier molecular flexibility index (Phi) is 5.40. The van der Waals surface area contributed by atoms with Gasteiger partial charge in [-0.25, -0.2) is 14.6 Å². The van der Waals surface area contributed by atoms with Gasteiger partial charge in [-0.3, -0.25) is 15.0 Å². The molecule has 1 saturated heterocycles. The van der Waals surface area contributed by atoms with Crippen LogP contribution in [0.15, 0.2) is 57.7 Å². The number of hydrogen-bond acceptors (Lipinski definition) is 7. The maximum atomic E-state index is 12.4. The van der Waals surface area contributed by atoms with Crippen LogP contribution in [0.5, 0.6) is 5.75 Å². The molecule has 1 aliphatic rings. The topological polar surface area (TPSA) is 115 Å². The molecule has 1 N–H and O–H groups in total. The van der Waals surface area contributed by atoms with E-state index in [9.17, 15) is 19.2 Å². The highest BCUT2D eigenvalue weighted by molar-refractivity contribution is 6.01. The van der Waals surface area contributed by atoms with E-state index in [2.05, 4.69) is 5.43 Å². The first kappa shape index (κ1) is 20.1. The molecule has 2 heterocycles. The summed E-state index contributed by atoms with van der Waals surface area (Å²) in [6.45, 7) is -0.129. The van der Waals surface area contributed by atoms with Crippen molar-refractivity contribution in [2.45, 2.75) is 19.4 Å². The second-order valence-electron chi connectivity index (χ2n) is 6.84. The molecule has 9 nitrogen and oxygen atoms in total. The normalized spacial score (nSPS) is 13.8. The molecule has 4 rings (SSSR count). The molecule has 2 aromatic carbocycles. The molecule has 3 aromatic rings. The number of methoxy groups -OCH3 is 1. The van der Waals surface area contributed by atoms with E-state index in [-0.39, 0.29) is 36.8 Å². The van der Waals surface area contributed by atoms with Crippen molar-refractivity contribution in [3.63, 3.8) is 0 Å². The van der Waals surface area contributed by atoms with Crippen LogP contribution in [0.3, 0.4) is 0 Å². The minimum absolute atomic E-state index is 0.126. The van der Waals surface area contributed by atoms with Gasteiger partial charge in [0, 0.05) is 35.9 Å². The van der Waals surface area contributed by atoms with Gasteiger partial charge >= 0.3 is 11.6 Å². The van der Waals surface area contributed by atoms with Crippen LogP contribution in [-0.2, 0) is 20.9 Å². The fraction of sp³-hybridized carbons (Fsp3) is 0.182. The molecule has 1 aliphatic heterocycles. The summed E-state index contributed by atoms with van der Waals surface area (Å²) in [4.78, 5) is 47.8. The number of hydrazine groups is 1. The maximum absolute atomic E-state index is 12.4. The Morgan fingerprint density at radius 3 is 2.58 bits per heavy atom. The number of ether oxygens (including phenoxy) is 2. The number of benzene rings is 2. The summed E-state index contributed by atoms with van der Waals surface area (Å²) in [5.74, 6) is -0.551. The van der Waals surface area contributed by atoms with Crippen molar-refractivity contribution < 1.29 is 28.3 Å². The Balaban J connectivity index is 1.48. The molecular formula is C22H18N2O7. The summed E-state index contributed by atoms with van der Waals surface area (Å²) in [6, 6.07) is 12.4.